The van der Waals surface area contributed by atoms with E-state index in [2.05, 4.69) is 11.2 Å². The fourth-order valence-corrected chi connectivity index (χ4v) is 4.01. The van der Waals surface area contributed by atoms with Gasteiger partial charge in [-0.3, -0.25) is 9.59 Å². The van der Waals surface area contributed by atoms with Gasteiger partial charge < -0.3 is 10.1 Å². The number of hydrogen-bond acceptors (Lipinski definition) is 4. The van der Waals surface area contributed by atoms with Gasteiger partial charge in [-0.05, 0) is 31.2 Å². The van der Waals surface area contributed by atoms with Crippen molar-refractivity contribution >= 4 is 23.0 Å². The highest BCUT2D eigenvalue weighted by Gasteiger charge is 2.32. The quantitative estimate of drug-likeness (QED) is 0.597. The molecular weight excluding hydrogens is 358 g/mol. The van der Waals surface area contributed by atoms with Crippen LogP contribution in [0.1, 0.15) is 57.7 Å². The number of ketones is 1. The molecule has 27 heavy (non-hydrogen) atoms. The summed E-state index contributed by atoms with van der Waals surface area (Å²) in [6.45, 7) is 1.86. The zero-order chi connectivity index (χ0) is 19.3. The first-order valence-corrected chi connectivity index (χ1v) is 10.0. The van der Waals surface area contributed by atoms with E-state index in [9.17, 15) is 9.59 Å². The summed E-state index contributed by atoms with van der Waals surface area (Å²) in [4.78, 5) is 25.5. The molecule has 1 N–H and O–H groups in total. The predicted molar refractivity (Wildman–Crippen MR) is 107 cm³/mol. The lowest BCUT2D eigenvalue weighted by Gasteiger charge is -2.33. The van der Waals surface area contributed by atoms with Crippen molar-refractivity contribution in [2.24, 2.45) is 0 Å². The van der Waals surface area contributed by atoms with Crippen molar-refractivity contribution in [1.29, 1.82) is 0 Å². The van der Waals surface area contributed by atoms with Gasteiger partial charge in [-0.1, -0.05) is 55.0 Å². The molecule has 1 aromatic carbocycles. The van der Waals surface area contributed by atoms with Crippen LogP contribution in [0, 0.1) is 19.3 Å². The highest BCUT2D eigenvalue weighted by atomic mass is 32.1. The van der Waals surface area contributed by atoms with Gasteiger partial charge in [0.25, 0.3) is 5.91 Å². The first-order valence-electron chi connectivity index (χ1n) is 9.13. The van der Waals surface area contributed by atoms with Crippen LogP contribution in [0.15, 0.2) is 35.7 Å². The van der Waals surface area contributed by atoms with Crippen LogP contribution in [0.2, 0.25) is 0 Å². The number of nitrogens with one attached hydrogen (secondary N) is 1. The average Bonchev–Trinajstić information content (AvgIpc) is 3.16. The summed E-state index contributed by atoms with van der Waals surface area (Å²) in [5.41, 5.74) is 1.11. The Kier molecular flexibility index (Phi) is 5.98. The summed E-state index contributed by atoms with van der Waals surface area (Å²) in [6.07, 6.45) is 10.5. The second kappa shape index (κ2) is 8.41. The number of amides is 1. The van der Waals surface area contributed by atoms with Crippen LogP contribution in [0.25, 0.3) is 0 Å². The largest absolute Gasteiger partial charge is 0.484 e. The molecule has 0 bridgehead atoms. The van der Waals surface area contributed by atoms with Crippen LogP contribution in [0.4, 0.5) is 0 Å². The summed E-state index contributed by atoms with van der Waals surface area (Å²) in [6, 6.07) is 9.05. The second-order valence-electron chi connectivity index (χ2n) is 6.93. The topological polar surface area (TPSA) is 55.4 Å². The predicted octanol–water partition coefficient (Wildman–Crippen LogP) is 4.38. The van der Waals surface area contributed by atoms with Gasteiger partial charge in [0.15, 0.2) is 12.4 Å². The number of ether oxygens (including phenoxy) is 1. The van der Waals surface area contributed by atoms with E-state index in [1.54, 1.807) is 23.6 Å². The Morgan fingerprint density at radius 3 is 2.56 bits per heavy atom. The summed E-state index contributed by atoms with van der Waals surface area (Å²) in [5, 5.41) is 4.80. The Morgan fingerprint density at radius 1 is 1.19 bits per heavy atom. The fourth-order valence-electron chi connectivity index (χ4n) is 3.28. The Bertz CT molecular complexity index is 854. The molecule has 0 atom stereocenters. The van der Waals surface area contributed by atoms with Crippen molar-refractivity contribution in [2.45, 2.75) is 44.6 Å². The van der Waals surface area contributed by atoms with E-state index >= 15 is 0 Å². The Hall–Kier alpha value is -2.58. The molecule has 2 aromatic rings. The Balaban J connectivity index is 1.65. The fraction of sp³-hybridized carbons (Fsp3) is 0.364. The minimum Gasteiger partial charge on any atom is -0.484 e. The third-order valence-electron chi connectivity index (χ3n) is 4.90. The van der Waals surface area contributed by atoms with Crippen LogP contribution in [-0.2, 0) is 0 Å². The first-order chi connectivity index (χ1) is 13.0. The maximum absolute atomic E-state index is 12.7. The van der Waals surface area contributed by atoms with Gasteiger partial charge in [-0.2, -0.15) is 0 Å². The number of thiophene rings is 1. The lowest BCUT2D eigenvalue weighted by molar-refractivity contribution is 0.0884. The normalized spacial score (nSPS) is 15.6. The van der Waals surface area contributed by atoms with Crippen molar-refractivity contribution in [3.63, 3.8) is 0 Å². The molecule has 0 unspecified atom stereocenters. The van der Waals surface area contributed by atoms with Crippen LogP contribution in [-0.4, -0.2) is 23.8 Å². The van der Waals surface area contributed by atoms with E-state index in [-0.39, 0.29) is 18.3 Å². The zero-order valence-corrected chi connectivity index (χ0v) is 16.2. The Morgan fingerprint density at radius 2 is 1.89 bits per heavy atom. The maximum atomic E-state index is 12.7. The SMILES string of the molecule is C#CC1(NC(=O)c2sccc2OCC(=O)c2ccc(C)cc2)CCCCC1. The van der Waals surface area contributed by atoms with Gasteiger partial charge in [0.1, 0.15) is 16.2 Å². The minimum absolute atomic E-state index is 0.111. The molecule has 1 amide bonds. The Labute approximate surface area is 163 Å². The van der Waals surface area contributed by atoms with E-state index in [4.69, 9.17) is 11.2 Å². The monoisotopic (exact) mass is 381 g/mol. The van der Waals surface area contributed by atoms with Gasteiger partial charge in [-0.25, -0.2) is 0 Å². The summed E-state index contributed by atoms with van der Waals surface area (Å²) >= 11 is 1.29. The number of hydrogen-bond donors (Lipinski definition) is 1. The summed E-state index contributed by atoms with van der Waals surface area (Å²) in [5.74, 6) is 2.84. The van der Waals surface area contributed by atoms with Crippen LogP contribution >= 0.6 is 11.3 Å². The first kappa shape index (κ1) is 19.2. The smallest absolute Gasteiger partial charge is 0.266 e. The molecule has 0 spiro atoms. The van der Waals surface area contributed by atoms with Crippen LogP contribution in [0.5, 0.6) is 5.75 Å². The van der Waals surface area contributed by atoms with E-state index < -0.39 is 5.54 Å². The molecule has 1 fully saturated rings. The molecule has 1 aliphatic carbocycles. The lowest BCUT2D eigenvalue weighted by Crippen LogP contribution is -2.48. The molecule has 0 radical (unpaired) electrons. The number of benzene rings is 1. The molecule has 140 valence electrons. The molecule has 0 saturated heterocycles. The molecule has 1 saturated carbocycles. The highest BCUT2D eigenvalue weighted by molar-refractivity contribution is 7.12. The van der Waals surface area contributed by atoms with E-state index in [1.165, 1.54) is 11.3 Å². The molecule has 4 nitrogen and oxygen atoms in total. The van der Waals surface area contributed by atoms with Crippen LogP contribution in [0.3, 0.4) is 0 Å². The number of terminal acetylenes is 1. The van der Waals surface area contributed by atoms with Gasteiger partial charge in [0.2, 0.25) is 0 Å². The molecule has 5 heteroatoms. The van der Waals surface area contributed by atoms with Crippen molar-refractivity contribution in [1.82, 2.24) is 5.32 Å². The lowest BCUT2D eigenvalue weighted by atomic mass is 9.82. The van der Waals surface area contributed by atoms with E-state index in [1.807, 2.05) is 19.1 Å². The van der Waals surface area contributed by atoms with Gasteiger partial charge in [0.05, 0.1) is 0 Å². The molecular formula is C22H23NO3S. The van der Waals surface area contributed by atoms with Crippen LogP contribution < -0.4 is 10.1 Å². The average molecular weight is 381 g/mol. The number of aryl methyl sites for hydroxylation is 1. The van der Waals surface area contributed by atoms with E-state index in [0.717, 1.165) is 37.7 Å². The number of rotatable bonds is 6. The third-order valence-corrected chi connectivity index (χ3v) is 5.80. The van der Waals surface area contributed by atoms with Crippen molar-refractivity contribution in [3.8, 4) is 18.1 Å². The van der Waals surface area contributed by atoms with Gasteiger partial charge >= 0.3 is 0 Å². The van der Waals surface area contributed by atoms with Gasteiger partial charge in [-0.15, -0.1) is 17.8 Å². The maximum Gasteiger partial charge on any atom is 0.266 e. The number of carbonyl (C=O) groups excluding carboxylic acids is 2. The standard InChI is InChI=1S/C22H23NO3S/c1-3-22(12-5-4-6-13-22)23-21(25)20-19(11-14-27-20)26-15-18(24)17-9-7-16(2)8-10-17/h1,7-11,14H,4-6,12-13,15H2,2H3,(H,23,25). The second-order valence-corrected chi connectivity index (χ2v) is 7.85. The molecule has 1 aromatic heterocycles. The zero-order valence-electron chi connectivity index (χ0n) is 15.4. The van der Waals surface area contributed by atoms with Crippen molar-refractivity contribution in [2.75, 3.05) is 6.61 Å². The number of carbonyl (C=O) groups is 2. The van der Waals surface area contributed by atoms with Crippen molar-refractivity contribution < 1.29 is 14.3 Å². The summed E-state index contributed by atoms with van der Waals surface area (Å²) < 4.78 is 5.65. The molecule has 3 rings (SSSR count). The number of Topliss-reactive ketones (excluding diaryl/α,β-unsaturated/α-hetero) is 1. The van der Waals surface area contributed by atoms with Crippen molar-refractivity contribution in [3.05, 3.63) is 51.7 Å². The highest BCUT2D eigenvalue weighted by Crippen LogP contribution is 2.30. The van der Waals surface area contributed by atoms with E-state index in [0.29, 0.717) is 16.2 Å². The molecule has 1 aliphatic rings. The minimum atomic E-state index is -0.575. The molecule has 1 heterocycles. The molecule has 0 aliphatic heterocycles. The summed E-state index contributed by atoms with van der Waals surface area (Å²) in [7, 11) is 0. The van der Waals surface area contributed by atoms with Gasteiger partial charge in [0, 0.05) is 5.56 Å². The third kappa shape index (κ3) is 4.58.